The topological polar surface area (TPSA) is 75.4 Å². The van der Waals surface area contributed by atoms with Crippen LogP contribution in [-0.4, -0.2) is 41.0 Å². The van der Waals surface area contributed by atoms with E-state index in [1.54, 1.807) is 17.9 Å². The monoisotopic (exact) mass is 277 g/mol. The predicted molar refractivity (Wildman–Crippen MR) is 71.2 cm³/mol. The quantitative estimate of drug-likeness (QED) is 0.899. The Morgan fingerprint density at radius 3 is 2.75 bits per heavy atom. The standard InChI is InChI=1S/C14H19N3O3/c1-8-6-17(9(2)18)7-12(8)15-14(19)11-5-13(20-16-11)10-3-4-10/h5,8,10,12H,3-4,6-7H2,1-2H3,(H,15,19)/t8-,12-/m0/s1. The summed E-state index contributed by atoms with van der Waals surface area (Å²) < 4.78 is 5.19. The Morgan fingerprint density at radius 1 is 1.40 bits per heavy atom. The highest BCUT2D eigenvalue weighted by Crippen LogP contribution is 2.40. The van der Waals surface area contributed by atoms with Gasteiger partial charge in [-0.05, 0) is 18.8 Å². The van der Waals surface area contributed by atoms with E-state index in [0.29, 0.717) is 24.7 Å². The van der Waals surface area contributed by atoms with Crippen molar-refractivity contribution >= 4 is 11.8 Å². The minimum Gasteiger partial charge on any atom is -0.360 e. The van der Waals surface area contributed by atoms with Gasteiger partial charge in [0.2, 0.25) is 5.91 Å². The molecule has 6 heteroatoms. The third-order valence-electron chi connectivity index (χ3n) is 4.11. The summed E-state index contributed by atoms with van der Waals surface area (Å²) in [6.07, 6.45) is 2.23. The molecule has 2 aliphatic rings. The largest absolute Gasteiger partial charge is 0.360 e. The summed E-state index contributed by atoms with van der Waals surface area (Å²) in [6, 6.07) is 1.71. The molecule has 1 saturated carbocycles. The van der Waals surface area contributed by atoms with E-state index in [-0.39, 0.29) is 23.8 Å². The first-order valence-corrected chi connectivity index (χ1v) is 7.07. The molecule has 3 rings (SSSR count). The van der Waals surface area contributed by atoms with Gasteiger partial charge in [-0.25, -0.2) is 0 Å². The SMILES string of the molecule is CC(=O)N1C[C@H](NC(=O)c2cc(C3CC3)on2)[C@@H](C)C1. The molecule has 0 spiro atoms. The van der Waals surface area contributed by atoms with E-state index in [1.807, 2.05) is 6.92 Å². The Kier molecular flexibility index (Phi) is 3.23. The average molecular weight is 277 g/mol. The van der Waals surface area contributed by atoms with Gasteiger partial charge in [-0.2, -0.15) is 0 Å². The van der Waals surface area contributed by atoms with Gasteiger partial charge in [0, 0.05) is 32.0 Å². The van der Waals surface area contributed by atoms with Gasteiger partial charge in [0.05, 0.1) is 6.04 Å². The van der Waals surface area contributed by atoms with Crippen molar-refractivity contribution < 1.29 is 14.1 Å². The first kappa shape index (κ1) is 13.1. The zero-order chi connectivity index (χ0) is 14.3. The number of carbonyl (C=O) groups is 2. The molecule has 6 nitrogen and oxygen atoms in total. The van der Waals surface area contributed by atoms with Crippen LogP contribution in [0, 0.1) is 5.92 Å². The molecule has 1 aromatic heterocycles. The molecule has 2 atom stereocenters. The highest BCUT2D eigenvalue weighted by molar-refractivity contribution is 5.92. The second-order valence-corrected chi connectivity index (χ2v) is 5.87. The number of aromatic nitrogens is 1. The molecule has 1 aromatic rings. The fraction of sp³-hybridized carbons (Fsp3) is 0.643. The third-order valence-corrected chi connectivity index (χ3v) is 4.11. The maximum absolute atomic E-state index is 12.1. The van der Waals surface area contributed by atoms with E-state index >= 15 is 0 Å². The van der Waals surface area contributed by atoms with Gasteiger partial charge in [-0.15, -0.1) is 0 Å². The average Bonchev–Trinajstić information content (AvgIpc) is 3.01. The van der Waals surface area contributed by atoms with Crippen molar-refractivity contribution in [2.75, 3.05) is 13.1 Å². The van der Waals surface area contributed by atoms with Crippen LogP contribution in [0.4, 0.5) is 0 Å². The lowest BCUT2D eigenvalue weighted by molar-refractivity contribution is -0.127. The number of nitrogens with one attached hydrogen (secondary N) is 1. The summed E-state index contributed by atoms with van der Waals surface area (Å²) in [6.45, 7) is 4.84. The molecule has 2 heterocycles. The van der Waals surface area contributed by atoms with Crippen molar-refractivity contribution in [2.45, 2.75) is 38.6 Å². The maximum atomic E-state index is 12.1. The third kappa shape index (κ3) is 2.55. The van der Waals surface area contributed by atoms with Crippen LogP contribution in [0.2, 0.25) is 0 Å². The summed E-state index contributed by atoms with van der Waals surface area (Å²) in [5, 5.41) is 6.78. The van der Waals surface area contributed by atoms with Crippen LogP contribution >= 0.6 is 0 Å². The van der Waals surface area contributed by atoms with E-state index in [0.717, 1.165) is 18.6 Å². The Bertz CT molecular complexity index is 536. The lowest BCUT2D eigenvalue weighted by Gasteiger charge is -2.15. The van der Waals surface area contributed by atoms with Gasteiger partial charge in [0.25, 0.3) is 5.91 Å². The lowest BCUT2D eigenvalue weighted by atomic mass is 10.1. The van der Waals surface area contributed by atoms with E-state index in [9.17, 15) is 9.59 Å². The fourth-order valence-corrected chi connectivity index (χ4v) is 2.61. The first-order valence-electron chi connectivity index (χ1n) is 7.07. The Labute approximate surface area is 117 Å². The Balaban J connectivity index is 1.61. The molecule has 0 radical (unpaired) electrons. The highest BCUT2D eigenvalue weighted by Gasteiger charge is 2.33. The van der Waals surface area contributed by atoms with Crippen molar-refractivity contribution in [3.05, 3.63) is 17.5 Å². The summed E-state index contributed by atoms with van der Waals surface area (Å²) in [4.78, 5) is 25.3. The van der Waals surface area contributed by atoms with Gasteiger partial charge < -0.3 is 14.7 Å². The summed E-state index contributed by atoms with van der Waals surface area (Å²) in [7, 11) is 0. The Morgan fingerprint density at radius 2 is 2.15 bits per heavy atom. The Hall–Kier alpha value is -1.85. The number of rotatable bonds is 3. The molecule has 0 aromatic carbocycles. The van der Waals surface area contributed by atoms with E-state index in [2.05, 4.69) is 10.5 Å². The number of hydrogen-bond donors (Lipinski definition) is 1. The summed E-state index contributed by atoms with van der Waals surface area (Å²) in [5.74, 6) is 1.33. The molecule has 1 aliphatic heterocycles. The number of carbonyl (C=O) groups excluding carboxylic acids is 2. The molecule has 20 heavy (non-hydrogen) atoms. The minimum atomic E-state index is -0.220. The molecule has 1 aliphatic carbocycles. The van der Waals surface area contributed by atoms with Gasteiger partial charge in [0.1, 0.15) is 5.76 Å². The molecular formula is C14H19N3O3. The molecule has 108 valence electrons. The van der Waals surface area contributed by atoms with E-state index in [4.69, 9.17) is 4.52 Å². The smallest absolute Gasteiger partial charge is 0.273 e. The molecular weight excluding hydrogens is 258 g/mol. The second-order valence-electron chi connectivity index (χ2n) is 5.87. The zero-order valence-corrected chi connectivity index (χ0v) is 11.8. The van der Waals surface area contributed by atoms with Crippen molar-refractivity contribution in [2.24, 2.45) is 5.92 Å². The first-order chi connectivity index (χ1) is 9.54. The van der Waals surface area contributed by atoms with Crippen LogP contribution in [0.3, 0.4) is 0 Å². The predicted octanol–water partition coefficient (Wildman–Crippen LogP) is 1.15. The van der Waals surface area contributed by atoms with Gasteiger partial charge in [-0.1, -0.05) is 12.1 Å². The number of likely N-dealkylation sites (tertiary alicyclic amines) is 1. The van der Waals surface area contributed by atoms with Crippen molar-refractivity contribution in [3.63, 3.8) is 0 Å². The molecule has 2 amide bonds. The summed E-state index contributed by atoms with van der Waals surface area (Å²) in [5.41, 5.74) is 0.334. The highest BCUT2D eigenvalue weighted by atomic mass is 16.5. The van der Waals surface area contributed by atoms with Crippen molar-refractivity contribution in [3.8, 4) is 0 Å². The second kappa shape index (κ2) is 4.92. The van der Waals surface area contributed by atoms with Crippen molar-refractivity contribution in [1.29, 1.82) is 0 Å². The lowest BCUT2D eigenvalue weighted by Crippen LogP contribution is -2.40. The van der Waals surface area contributed by atoms with Crippen LogP contribution in [0.1, 0.15) is 48.9 Å². The van der Waals surface area contributed by atoms with Gasteiger partial charge >= 0.3 is 0 Å². The minimum absolute atomic E-state index is 0.0209. The van der Waals surface area contributed by atoms with Crippen LogP contribution in [0.15, 0.2) is 10.6 Å². The molecule has 2 fully saturated rings. The van der Waals surface area contributed by atoms with E-state index in [1.165, 1.54) is 0 Å². The van der Waals surface area contributed by atoms with Crippen molar-refractivity contribution in [1.82, 2.24) is 15.4 Å². The number of nitrogens with zero attached hydrogens (tertiary/aromatic N) is 2. The molecule has 0 bridgehead atoms. The van der Waals surface area contributed by atoms with Crippen LogP contribution < -0.4 is 5.32 Å². The van der Waals surface area contributed by atoms with E-state index < -0.39 is 0 Å². The van der Waals surface area contributed by atoms with Gasteiger partial charge in [0.15, 0.2) is 5.69 Å². The van der Waals surface area contributed by atoms with Crippen LogP contribution in [-0.2, 0) is 4.79 Å². The number of hydrogen-bond acceptors (Lipinski definition) is 4. The normalized spacial score (nSPS) is 25.8. The molecule has 1 saturated heterocycles. The van der Waals surface area contributed by atoms with Crippen LogP contribution in [0.5, 0.6) is 0 Å². The summed E-state index contributed by atoms with van der Waals surface area (Å²) >= 11 is 0. The molecule has 0 unspecified atom stereocenters. The zero-order valence-electron chi connectivity index (χ0n) is 11.8. The van der Waals surface area contributed by atoms with Crippen LogP contribution in [0.25, 0.3) is 0 Å². The number of amides is 2. The fourth-order valence-electron chi connectivity index (χ4n) is 2.61. The molecule has 1 N–H and O–H groups in total. The van der Waals surface area contributed by atoms with Gasteiger partial charge in [-0.3, -0.25) is 9.59 Å². The maximum Gasteiger partial charge on any atom is 0.273 e.